The first kappa shape index (κ1) is 22.6. The van der Waals surface area contributed by atoms with E-state index in [1.165, 1.54) is 51.4 Å². The minimum absolute atomic E-state index is 0.0507. The lowest BCUT2D eigenvalue weighted by molar-refractivity contribution is -0.0341. The molecule has 0 aromatic rings. The summed E-state index contributed by atoms with van der Waals surface area (Å²) in [6, 6.07) is 0. The molecule has 4 aliphatic rings. The summed E-state index contributed by atoms with van der Waals surface area (Å²) in [7, 11) is 0. The fraction of sp³-hybridized carbons (Fsp3) is 0.862. The van der Waals surface area contributed by atoms with Gasteiger partial charge in [0.2, 0.25) is 0 Å². The monoisotopic (exact) mass is 412 g/mol. The highest BCUT2D eigenvalue weighted by atomic mass is 16.3. The van der Waals surface area contributed by atoms with Gasteiger partial charge in [0, 0.05) is 0 Å². The number of fused-ring (bicyclic) bond motifs is 5. The molecule has 0 radical (unpaired) electrons. The van der Waals surface area contributed by atoms with Crippen LogP contribution < -0.4 is 0 Å². The van der Waals surface area contributed by atoms with Crippen molar-refractivity contribution in [1.29, 1.82) is 0 Å². The number of hydrogen-bond donors (Lipinski definition) is 1. The molecular formula is C29H48O. The molecule has 0 aliphatic heterocycles. The first-order chi connectivity index (χ1) is 14.2. The predicted molar refractivity (Wildman–Crippen MR) is 128 cm³/mol. The molecule has 1 nitrogen and oxygen atoms in total. The Bertz CT molecular complexity index is 686. The van der Waals surface area contributed by atoms with E-state index in [2.05, 4.69) is 53.7 Å². The minimum Gasteiger partial charge on any atom is -0.393 e. The highest BCUT2D eigenvalue weighted by Crippen LogP contribution is 2.65. The zero-order valence-corrected chi connectivity index (χ0v) is 20.7. The molecule has 0 heterocycles. The van der Waals surface area contributed by atoms with Crippen molar-refractivity contribution in [3.8, 4) is 0 Å². The van der Waals surface area contributed by atoms with Gasteiger partial charge in [0.1, 0.15) is 0 Å². The topological polar surface area (TPSA) is 20.2 Å². The van der Waals surface area contributed by atoms with Gasteiger partial charge in [-0.05, 0) is 104 Å². The molecule has 4 rings (SSSR count). The average molecular weight is 413 g/mol. The molecule has 1 heteroatoms. The lowest BCUT2D eigenvalue weighted by Crippen LogP contribution is -2.49. The molecule has 2 saturated carbocycles. The zero-order chi connectivity index (χ0) is 21.7. The number of aliphatic hydroxyl groups is 1. The maximum atomic E-state index is 10.3. The Kier molecular flexibility index (Phi) is 6.35. The maximum absolute atomic E-state index is 10.3. The molecule has 0 saturated heterocycles. The summed E-state index contributed by atoms with van der Waals surface area (Å²) in [5.41, 5.74) is 4.46. The molecule has 0 amide bonds. The van der Waals surface area contributed by atoms with Crippen molar-refractivity contribution in [3.05, 3.63) is 23.3 Å². The quantitative estimate of drug-likeness (QED) is 0.439. The van der Waals surface area contributed by atoms with Gasteiger partial charge in [0.15, 0.2) is 0 Å². The number of allylic oxidation sites excluding steroid dienone is 4. The van der Waals surface area contributed by atoms with Gasteiger partial charge in [-0.1, -0.05) is 71.3 Å². The van der Waals surface area contributed by atoms with Gasteiger partial charge in [0.25, 0.3) is 0 Å². The second kappa shape index (κ2) is 8.42. The van der Waals surface area contributed by atoms with Gasteiger partial charge in [-0.3, -0.25) is 0 Å². The molecule has 170 valence electrons. The van der Waals surface area contributed by atoms with E-state index in [1.54, 1.807) is 5.57 Å². The molecule has 0 aromatic heterocycles. The van der Waals surface area contributed by atoms with Crippen LogP contribution in [0.15, 0.2) is 23.3 Å². The predicted octanol–water partition coefficient (Wildman–Crippen LogP) is 7.94. The largest absolute Gasteiger partial charge is 0.393 e. The summed E-state index contributed by atoms with van der Waals surface area (Å²) >= 11 is 0. The molecule has 0 spiro atoms. The Morgan fingerprint density at radius 3 is 2.47 bits per heavy atom. The first-order valence-corrected chi connectivity index (χ1v) is 13.3. The maximum Gasteiger partial charge on any atom is 0.0543 e. The summed E-state index contributed by atoms with van der Waals surface area (Å²) in [6.07, 6.45) is 17.9. The lowest BCUT2D eigenvalue weighted by Gasteiger charge is -2.57. The summed E-state index contributed by atoms with van der Waals surface area (Å²) in [5.74, 6) is 4.67. The van der Waals surface area contributed by atoms with Crippen LogP contribution in [-0.4, -0.2) is 11.2 Å². The molecule has 8 atom stereocenters. The van der Waals surface area contributed by atoms with E-state index in [0.717, 1.165) is 42.4 Å². The average Bonchev–Trinajstić information content (AvgIpc) is 3.06. The van der Waals surface area contributed by atoms with Crippen LogP contribution in [0.25, 0.3) is 0 Å². The summed E-state index contributed by atoms with van der Waals surface area (Å²) < 4.78 is 0. The first-order valence-electron chi connectivity index (χ1n) is 13.3. The van der Waals surface area contributed by atoms with Crippen molar-refractivity contribution < 1.29 is 5.11 Å². The third-order valence-corrected chi connectivity index (χ3v) is 10.7. The van der Waals surface area contributed by atoms with Crippen LogP contribution in [0.5, 0.6) is 0 Å². The Morgan fingerprint density at radius 1 is 1.00 bits per heavy atom. The van der Waals surface area contributed by atoms with Crippen molar-refractivity contribution >= 4 is 0 Å². The van der Waals surface area contributed by atoms with Crippen LogP contribution in [0.3, 0.4) is 0 Å². The Hall–Kier alpha value is -0.560. The van der Waals surface area contributed by atoms with Crippen molar-refractivity contribution in [3.63, 3.8) is 0 Å². The van der Waals surface area contributed by atoms with Gasteiger partial charge >= 0.3 is 0 Å². The van der Waals surface area contributed by atoms with Crippen LogP contribution in [0, 0.1) is 46.3 Å². The van der Waals surface area contributed by atoms with E-state index in [4.69, 9.17) is 0 Å². The normalized spacial score (nSPS) is 42.7. The highest BCUT2D eigenvalue weighted by molar-refractivity contribution is 5.36. The second-order valence-corrected chi connectivity index (χ2v) is 12.4. The Balaban J connectivity index is 1.49. The van der Waals surface area contributed by atoms with E-state index in [9.17, 15) is 5.11 Å². The number of rotatable bonds is 6. The van der Waals surface area contributed by atoms with Crippen molar-refractivity contribution in [2.75, 3.05) is 0 Å². The second-order valence-electron chi connectivity index (χ2n) is 12.4. The summed E-state index contributed by atoms with van der Waals surface area (Å²) in [6.45, 7) is 14.9. The smallest absolute Gasteiger partial charge is 0.0543 e. The third-order valence-electron chi connectivity index (χ3n) is 10.7. The van der Waals surface area contributed by atoms with Crippen molar-refractivity contribution in [2.24, 2.45) is 46.3 Å². The molecule has 8 unspecified atom stereocenters. The van der Waals surface area contributed by atoms with Crippen LogP contribution in [0.1, 0.15) is 106 Å². The fourth-order valence-electron chi connectivity index (χ4n) is 8.50. The van der Waals surface area contributed by atoms with E-state index >= 15 is 0 Å². The fourth-order valence-corrected chi connectivity index (χ4v) is 8.50. The van der Waals surface area contributed by atoms with E-state index < -0.39 is 0 Å². The molecule has 0 aromatic carbocycles. The summed E-state index contributed by atoms with van der Waals surface area (Å²) in [4.78, 5) is 0. The standard InChI is InChI=1S/C29H48O/c1-7-21(19(2)3)9-8-20(4)25-12-13-26-24-11-10-22-18-23(30)14-16-28(22,5)27(24)15-17-29(25,26)6/h11-12,19-23,26-27,30H,7-10,13-18H2,1-6H3. The van der Waals surface area contributed by atoms with E-state index in [-0.39, 0.29) is 6.10 Å². The SMILES string of the molecule is CCC(CCC(C)C1=CCC2C3=CCC4CC(O)CCC4(C)C3CCC12C)C(C)C. The number of aliphatic hydroxyl groups excluding tert-OH is 1. The Labute approximate surface area is 186 Å². The number of hydrogen-bond acceptors (Lipinski definition) is 1. The van der Waals surface area contributed by atoms with E-state index in [0.29, 0.717) is 16.7 Å². The van der Waals surface area contributed by atoms with Gasteiger partial charge in [-0.15, -0.1) is 0 Å². The minimum atomic E-state index is -0.0507. The van der Waals surface area contributed by atoms with Gasteiger partial charge in [0.05, 0.1) is 6.10 Å². The van der Waals surface area contributed by atoms with Gasteiger partial charge < -0.3 is 5.11 Å². The molecule has 4 aliphatic carbocycles. The van der Waals surface area contributed by atoms with Crippen molar-refractivity contribution in [1.82, 2.24) is 0 Å². The van der Waals surface area contributed by atoms with Gasteiger partial charge in [-0.25, -0.2) is 0 Å². The third kappa shape index (κ3) is 3.66. The van der Waals surface area contributed by atoms with Crippen LogP contribution in [0.4, 0.5) is 0 Å². The van der Waals surface area contributed by atoms with Crippen LogP contribution in [0.2, 0.25) is 0 Å². The molecule has 2 fully saturated rings. The van der Waals surface area contributed by atoms with Crippen LogP contribution >= 0.6 is 0 Å². The summed E-state index contributed by atoms with van der Waals surface area (Å²) in [5, 5.41) is 10.3. The molecular weight excluding hydrogens is 364 g/mol. The highest BCUT2D eigenvalue weighted by Gasteiger charge is 2.56. The Morgan fingerprint density at radius 2 is 1.77 bits per heavy atom. The lowest BCUT2D eigenvalue weighted by atomic mass is 9.47. The van der Waals surface area contributed by atoms with Gasteiger partial charge in [-0.2, -0.15) is 0 Å². The molecule has 0 bridgehead atoms. The molecule has 1 N–H and O–H groups in total. The van der Waals surface area contributed by atoms with Crippen molar-refractivity contribution in [2.45, 2.75) is 112 Å². The zero-order valence-electron chi connectivity index (χ0n) is 20.7. The van der Waals surface area contributed by atoms with Crippen LogP contribution in [-0.2, 0) is 0 Å². The van der Waals surface area contributed by atoms with E-state index in [1.807, 2.05) is 5.57 Å². The molecule has 30 heavy (non-hydrogen) atoms.